The molecule has 0 heterocycles. The molecule has 0 aliphatic heterocycles. The Balaban J connectivity index is 3.05. The monoisotopic (exact) mass is 271 g/mol. The lowest BCUT2D eigenvalue weighted by molar-refractivity contribution is -0.137. The average molecular weight is 271 g/mol. The van der Waals surface area contributed by atoms with E-state index in [1.165, 1.54) is 7.05 Å². The molecule has 0 aliphatic rings. The minimum atomic E-state index is -3.62. The van der Waals surface area contributed by atoms with Gasteiger partial charge in [0.05, 0.1) is 11.3 Å². The molecule has 0 amide bonds. The Bertz CT molecular complexity index is 551. The lowest BCUT2D eigenvalue weighted by Crippen LogP contribution is -2.29. The Hall–Kier alpha value is -1.40. The minimum absolute atomic E-state index is 0.0367. The van der Waals surface area contributed by atoms with Crippen molar-refractivity contribution in [3.63, 3.8) is 0 Å². The molecule has 0 saturated carbocycles. The second-order valence-electron chi connectivity index (χ2n) is 4.24. The Labute approximate surface area is 107 Å². The van der Waals surface area contributed by atoms with Crippen LogP contribution >= 0.6 is 0 Å². The second kappa shape index (κ2) is 5.49. The van der Waals surface area contributed by atoms with Crippen LogP contribution in [0.15, 0.2) is 23.1 Å². The molecule has 0 spiro atoms. The molecule has 1 aromatic carbocycles. The van der Waals surface area contributed by atoms with E-state index in [2.05, 4.69) is 0 Å². The van der Waals surface area contributed by atoms with E-state index >= 15 is 0 Å². The molecule has 0 bridgehead atoms. The molecule has 18 heavy (non-hydrogen) atoms. The molecule has 0 aliphatic carbocycles. The summed E-state index contributed by atoms with van der Waals surface area (Å²) >= 11 is 0. The highest BCUT2D eigenvalue weighted by Crippen LogP contribution is 2.20. The molecule has 0 fully saturated rings. The minimum Gasteiger partial charge on any atom is -0.481 e. The summed E-state index contributed by atoms with van der Waals surface area (Å²) in [6.45, 7) is 3.50. The largest absolute Gasteiger partial charge is 0.481 e. The number of benzene rings is 1. The van der Waals surface area contributed by atoms with Crippen LogP contribution in [0.3, 0.4) is 0 Å². The third-order valence-corrected chi connectivity index (χ3v) is 4.67. The van der Waals surface area contributed by atoms with E-state index in [9.17, 15) is 13.2 Å². The fraction of sp³-hybridized carbons (Fsp3) is 0.417. The second-order valence-corrected chi connectivity index (χ2v) is 6.25. The SMILES string of the molecule is Cc1ccc(C)c(S(=O)(=O)N(C)CCC(=O)O)c1. The third kappa shape index (κ3) is 3.30. The van der Waals surface area contributed by atoms with Gasteiger partial charge in [0.2, 0.25) is 10.0 Å². The van der Waals surface area contributed by atoms with Crippen LogP contribution in [0, 0.1) is 13.8 Å². The number of sulfonamides is 1. The van der Waals surface area contributed by atoms with Crippen LogP contribution in [0.4, 0.5) is 0 Å². The molecule has 6 heteroatoms. The van der Waals surface area contributed by atoms with Crippen molar-refractivity contribution < 1.29 is 18.3 Å². The normalized spacial score (nSPS) is 11.8. The number of hydrogen-bond acceptors (Lipinski definition) is 3. The van der Waals surface area contributed by atoms with E-state index in [0.29, 0.717) is 5.56 Å². The molecule has 0 atom stereocenters. The van der Waals surface area contributed by atoms with Crippen molar-refractivity contribution in [3.05, 3.63) is 29.3 Å². The van der Waals surface area contributed by atoms with Gasteiger partial charge in [-0.15, -0.1) is 0 Å². The Morgan fingerprint density at radius 1 is 1.33 bits per heavy atom. The molecule has 5 nitrogen and oxygen atoms in total. The fourth-order valence-corrected chi connectivity index (χ4v) is 3.00. The summed E-state index contributed by atoms with van der Waals surface area (Å²) in [5.74, 6) is -1.02. The number of nitrogens with zero attached hydrogens (tertiary/aromatic N) is 1. The molecule has 0 radical (unpaired) electrons. The first-order chi connectivity index (χ1) is 8.25. The predicted molar refractivity (Wildman–Crippen MR) is 68.0 cm³/mol. The summed E-state index contributed by atoms with van der Waals surface area (Å²) in [4.78, 5) is 10.7. The maximum atomic E-state index is 12.3. The van der Waals surface area contributed by atoms with E-state index in [1.807, 2.05) is 13.0 Å². The highest BCUT2D eigenvalue weighted by Gasteiger charge is 2.23. The third-order valence-electron chi connectivity index (χ3n) is 2.67. The van der Waals surface area contributed by atoms with E-state index in [0.717, 1.165) is 9.87 Å². The molecule has 1 aromatic rings. The van der Waals surface area contributed by atoms with Crippen molar-refractivity contribution >= 4 is 16.0 Å². The first kappa shape index (κ1) is 14.7. The van der Waals surface area contributed by atoms with Crippen LogP contribution in [-0.2, 0) is 14.8 Å². The van der Waals surface area contributed by atoms with Gasteiger partial charge in [-0.05, 0) is 31.0 Å². The first-order valence-corrected chi connectivity index (χ1v) is 6.94. The molecule has 0 saturated heterocycles. The van der Waals surface area contributed by atoms with Crippen molar-refractivity contribution in [2.45, 2.75) is 25.2 Å². The molecule has 0 unspecified atom stereocenters. The lowest BCUT2D eigenvalue weighted by atomic mass is 10.2. The van der Waals surface area contributed by atoms with Crippen molar-refractivity contribution in [3.8, 4) is 0 Å². The number of aliphatic carboxylic acids is 1. The van der Waals surface area contributed by atoms with Crippen molar-refractivity contribution in [2.75, 3.05) is 13.6 Å². The number of rotatable bonds is 5. The average Bonchev–Trinajstić information content (AvgIpc) is 2.28. The standard InChI is InChI=1S/C12H17NO4S/c1-9-4-5-10(2)11(8-9)18(16,17)13(3)7-6-12(14)15/h4-5,8H,6-7H2,1-3H3,(H,14,15). The smallest absolute Gasteiger partial charge is 0.304 e. The van der Waals surface area contributed by atoms with Gasteiger partial charge in [-0.3, -0.25) is 4.79 Å². The molecule has 1 N–H and O–H groups in total. The van der Waals surface area contributed by atoms with E-state index in [-0.39, 0.29) is 17.9 Å². The summed E-state index contributed by atoms with van der Waals surface area (Å²) in [7, 11) is -2.23. The molecular weight excluding hydrogens is 254 g/mol. The zero-order chi connectivity index (χ0) is 13.9. The van der Waals surface area contributed by atoms with Gasteiger partial charge >= 0.3 is 5.97 Å². The fourth-order valence-electron chi connectivity index (χ4n) is 1.53. The van der Waals surface area contributed by atoms with Gasteiger partial charge in [0.25, 0.3) is 0 Å². The zero-order valence-corrected chi connectivity index (χ0v) is 11.5. The number of hydrogen-bond donors (Lipinski definition) is 1. The highest BCUT2D eigenvalue weighted by atomic mass is 32.2. The Morgan fingerprint density at radius 2 is 1.94 bits per heavy atom. The zero-order valence-electron chi connectivity index (χ0n) is 10.7. The van der Waals surface area contributed by atoms with Crippen LogP contribution in [0.2, 0.25) is 0 Å². The molecule has 0 aromatic heterocycles. The molecular formula is C12H17NO4S. The van der Waals surface area contributed by atoms with E-state index in [4.69, 9.17) is 5.11 Å². The Kier molecular flexibility index (Phi) is 4.48. The number of carbonyl (C=O) groups is 1. The van der Waals surface area contributed by atoms with Gasteiger partial charge in [0.1, 0.15) is 0 Å². The number of carboxylic acids is 1. The van der Waals surface area contributed by atoms with Crippen LogP contribution < -0.4 is 0 Å². The maximum absolute atomic E-state index is 12.3. The van der Waals surface area contributed by atoms with Gasteiger partial charge in [-0.1, -0.05) is 12.1 Å². The van der Waals surface area contributed by atoms with E-state index < -0.39 is 16.0 Å². The number of aryl methyl sites for hydroxylation is 2. The van der Waals surface area contributed by atoms with E-state index in [1.54, 1.807) is 19.1 Å². The van der Waals surface area contributed by atoms with Crippen LogP contribution in [0.25, 0.3) is 0 Å². The lowest BCUT2D eigenvalue weighted by Gasteiger charge is -2.18. The summed E-state index contributed by atoms with van der Waals surface area (Å²) in [6.07, 6.45) is -0.208. The van der Waals surface area contributed by atoms with Gasteiger partial charge < -0.3 is 5.11 Å². The quantitative estimate of drug-likeness (QED) is 0.878. The summed E-state index contributed by atoms with van der Waals surface area (Å²) < 4.78 is 25.6. The molecule has 100 valence electrons. The predicted octanol–water partition coefficient (Wildman–Crippen LogP) is 1.40. The maximum Gasteiger partial charge on any atom is 0.304 e. The van der Waals surface area contributed by atoms with Crippen LogP contribution in [-0.4, -0.2) is 37.4 Å². The van der Waals surface area contributed by atoms with Crippen LogP contribution in [0.1, 0.15) is 17.5 Å². The number of carboxylic acid groups (broad SMARTS) is 1. The molecule has 1 rings (SSSR count). The van der Waals surface area contributed by atoms with Gasteiger partial charge in [-0.25, -0.2) is 12.7 Å². The summed E-state index contributed by atoms with van der Waals surface area (Å²) in [6, 6.07) is 5.18. The van der Waals surface area contributed by atoms with Crippen molar-refractivity contribution in [2.24, 2.45) is 0 Å². The summed E-state index contributed by atoms with van der Waals surface area (Å²) in [5.41, 5.74) is 1.51. The topological polar surface area (TPSA) is 74.7 Å². The van der Waals surface area contributed by atoms with Gasteiger partial charge in [-0.2, -0.15) is 0 Å². The van der Waals surface area contributed by atoms with Crippen molar-refractivity contribution in [1.82, 2.24) is 4.31 Å². The summed E-state index contributed by atoms with van der Waals surface area (Å²) in [5, 5.41) is 8.58. The van der Waals surface area contributed by atoms with Crippen molar-refractivity contribution in [1.29, 1.82) is 0 Å². The highest BCUT2D eigenvalue weighted by molar-refractivity contribution is 7.89. The van der Waals surface area contributed by atoms with Gasteiger partial charge in [0, 0.05) is 13.6 Å². The van der Waals surface area contributed by atoms with Gasteiger partial charge in [0.15, 0.2) is 0 Å². The first-order valence-electron chi connectivity index (χ1n) is 5.50. The van der Waals surface area contributed by atoms with Crippen LogP contribution in [0.5, 0.6) is 0 Å². The Morgan fingerprint density at radius 3 is 2.50 bits per heavy atom.